The van der Waals surface area contributed by atoms with Crippen LogP contribution in [-0.2, 0) is 11.3 Å². The maximum absolute atomic E-state index is 12.0. The number of hydrogen-bond donors (Lipinski definition) is 1. The Morgan fingerprint density at radius 2 is 2.11 bits per heavy atom. The molecule has 0 spiro atoms. The molecule has 2 heterocycles. The van der Waals surface area contributed by atoms with Crippen molar-refractivity contribution in [2.75, 3.05) is 13.9 Å². The highest BCUT2D eigenvalue weighted by molar-refractivity contribution is 5.91. The number of methoxy groups -OCH3 is 1. The van der Waals surface area contributed by atoms with E-state index in [0.29, 0.717) is 29.0 Å². The average Bonchev–Trinajstić information content (AvgIpc) is 3.39. The fraction of sp³-hybridized carbons (Fsp3) is 0.150. The van der Waals surface area contributed by atoms with Gasteiger partial charge in [-0.25, -0.2) is 0 Å². The molecule has 0 atom stereocenters. The molecule has 1 aliphatic rings. The van der Waals surface area contributed by atoms with E-state index in [0.717, 1.165) is 11.1 Å². The van der Waals surface area contributed by atoms with Crippen LogP contribution in [0.4, 0.5) is 0 Å². The summed E-state index contributed by atoms with van der Waals surface area (Å²) < 4.78 is 20.9. The molecule has 4 rings (SSSR count). The van der Waals surface area contributed by atoms with Crippen LogP contribution in [0.2, 0.25) is 0 Å². The quantitative estimate of drug-likeness (QED) is 0.658. The molecule has 0 bridgehead atoms. The van der Waals surface area contributed by atoms with Gasteiger partial charge in [-0.3, -0.25) is 4.79 Å². The predicted molar refractivity (Wildman–Crippen MR) is 99.7 cm³/mol. The lowest BCUT2D eigenvalue weighted by Crippen LogP contribution is -2.20. The summed E-state index contributed by atoms with van der Waals surface area (Å²) in [6.07, 6.45) is 3.11. The Labute approximate surface area is 160 Å². The molecule has 1 aromatic heterocycles. The third-order valence-electron chi connectivity index (χ3n) is 4.03. The second-order valence-electron chi connectivity index (χ2n) is 5.91. The van der Waals surface area contributed by atoms with E-state index in [9.17, 15) is 4.79 Å². The van der Waals surface area contributed by atoms with E-state index in [1.807, 2.05) is 30.3 Å². The number of nitrogens with one attached hydrogen (secondary N) is 1. The van der Waals surface area contributed by atoms with E-state index in [1.165, 1.54) is 6.08 Å². The van der Waals surface area contributed by atoms with Gasteiger partial charge >= 0.3 is 0 Å². The molecule has 0 saturated carbocycles. The van der Waals surface area contributed by atoms with Gasteiger partial charge in [0.15, 0.2) is 11.5 Å². The summed E-state index contributed by atoms with van der Waals surface area (Å²) in [6.45, 7) is 0.339. The molecule has 1 N–H and O–H groups in total. The molecule has 28 heavy (non-hydrogen) atoms. The Morgan fingerprint density at radius 1 is 1.21 bits per heavy atom. The molecule has 8 heteroatoms. The van der Waals surface area contributed by atoms with E-state index in [1.54, 1.807) is 25.3 Å². The summed E-state index contributed by atoms with van der Waals surface area (Å²) in [6, 6.07) is 12.8. The molecule has 0 saturated heterocycles. The SMILES string of the molecule is COc1cccc(-c2noc(CNC(=O)/C=C/c3ccc4c(c3)OCO4)n2)c1. The van der Waals surface area contributed by atoms with E-state index < -0.39 is 0 Å². The fourth-order valence-electron chi connectivity index (χ4n) is 2.62. The first-order valence-corrected chi connectivity index (χ1v) is 8.54. The zero-order chi connectivity index (χ0) is 19.3. The Hall–Kier alpha value is -3.81. The summed E-state index contributed by atoms with van der Waals surface area (Å²) in [4.78, 5) is 16.3. The normalized spacial score (nSPS) is 12.3. The number of hydrogen-bond acceptors (Lipinski definition) is 7. The minimum Gasteiger partial charge on any atom is -0.497 e. The fourth-order valence-corrected chi connectivity index (χ4v) is 2.62. The zero-order valence-corrected chi connectivity index (χ0v) is 15.0. The van der Waals surface area contributed by atoms with Gasteiger partial charge in [0, 0.05) is 11.6 Å². The molecule has 8 nitrogen and oxygen atoms in total. The molecule has 3 aromatic rings. The highest BCUT2D eigenvalue weighted by Crippen LogP contribution is 2.32. The zero-order valence-electron chi connectivity index (χ0n) is 15.0. The number of rotatable bonds is 6. The van der Waals surface area contributed by atoms with Crippen molar-refractivity contribution in [1.29, 1.82) is 0 Å². The maximum atomic E-state index is 12.0. The van der Waals surface area contributed by atoms with Gasteiger partial charge in [0.2, 0.25) is 24.4 Å². The molecule has 142 valence electrons. The molecular weight excluding hydrogens is 362 g/mol. The predicted octanol–water partition coefficient (Wildman–Crippen LogP) is 2.80. The lowest BCUT2D eigenvalue weighted by molar-refractivity contribution is -0.116. The average molecular weight is 379 g/mol. The number of aromatic nitrogens is 2. The minimum atomic E-state index is -0.279. The van der Waals surface area contributed by atoms with E-state index >= 15 is 0 Å². The van der Waals surface area contributed by atoms with Crippen LogP contribution in [0.25, 0.3) is 17.5 Å². The first kappa shape index (κ1) is 17.6. The van der Waals surface area contributed by atoms with Gasteiger partial charge in [0.05, 0.1) is 13.7 Å². The lowest BCUT2D eigenvalue weighted by atomic mass is 10.2. The Morgan fingerprint density at radius 3 is 3.00 bits per heavy atom. The smallest absolute Gasteiger partial charge is 0.246 e. The Kier molecular flexibility index (Phi) is 4.92. The minimum absolute atomic E-state index is 0.126. The topological polar surface area (TPSA) is 95.7 Å². The molecule has 0 fully saturated rings. The van der Waals surface area contributed by atoms with Gasteiger partial charge in [0.25, 0.3) is 0 Å². The molecule has 0 radical (unpaired) electrons. The van der Waals surface area contributed by atoms with Crippen molar-refractivity contribution in [2.45, 2.75) is 6.54 Å². The van der Waals surface area contributed by atoms with E-state index in [-0.39, 0.29) is 19.2 Å². The summed E-state index contributed by atoms with van der Waals surface area (Å²) in [5, 5.41) is 6.64. The molecular formula is C20H17N3O5. The van der Waals surface area contributed by atoms with Crippen molar-refractivity contribution in [3.63, 3.8) is 0 Å². The van der Waals surface area contributed by atoms with Crippen molar-refractivity contribution in [3.05, 3.63) is 60.0 Å². The molecule has 0 unspecified atom stereocenters. The monoisotopic (exact) mass is 379 g/mol. The third kappa shape index (κ3) is 3.96. The summed E-state index contributed by atoms with van der Waals surface area (Å²) in [5.74, 6) is 2.52. The van der Waals surface area contributed by atoms with Crippen molar-refractivity contribution in [1.82, 2.24) is 15.5 Å². The number of nitrogens with zero attached hydrogens (tertiary/aromatic N) is 2. The van der Waals surface area contributed by atoms with Gasteiger partial charge in [0.1, 0.15) is 5.75 Å². The Balaban J connectivity index is 1.34. The van der Waals surface area contributed by atoms with Crippen molar-refractivity contribution >= 4 is 12.0 Å². The largest absolute Gasteiger partial charge is 0.497 e. The molecule has 1 amide bonds. The van der Waals surface area contributed by atoms with Crippen molar-refractivity contribution in [3.8, 4) is 28.6 Å². The molecule has 1 aliphatic heterocycles. The highest BCUT2D eigenvalue weighted by atomic mass is 16.7. The highest BCUT2D eigenvalue weighted by Gasteiger charge is 2.13. The lowest BCUT2D eigenvalue weighted by Gasteiger charge is -2.00. The van der Waals surface area contributed by atoms with Crippen molar-refractivity contribution in [2.24, 2.45) is 0 Å². The van der Waals surface area contributed by atoms with Gasteiger partial charge in [-0.15, -0.1) is 0 Å². The number of benzene rings is 2. The second-order valence-corrected chi connectivity index (χ2v) is 5.91. The number of carbonyl (C=O) groups is 1. The molecule has 0 aliphatic carbocycles. The van der Waals surface area contributed by atoms with Crippen LogP contribution in [0.1, 0.15) is 11.5 Å². The van der Waals surface area contributed by atoms with Crippen LogP contribution in [0.3, 0.4) is 0 Å². The van der Waals surface area contributed by atoms with E-state index in [2.05, 4.69) is 15.5 Å². The van der Waals surface area contributed by atoms with Crippen LogP contribution in [0.5, 0.6) is 17.2 Å². The summed E-state index contributed by atoms with van der Waals surface area (Å²) in [5.41, 5.74) is 1.60. The van der Waals surface area contributed by atoms with Crippen LogP contribution >= 0.6 is 0 Å². The first-order chi connectivity index (χ1) is 13.7. The Bertz CT molecular complexity index is 1030. The number of carbonyl (C=O) groups excluding carboxylic acids is 1. The van der Waals surface area contributed by atoms with Gasteiger partial charge in [-0.05, 0) is 35.9 Å². The van der Waals surface area contributed by atoms with E-state index in [4.69, 9.17) is 18.7 Å². The number of amides is 1. The van der Waals surface area contributed by atoms with Crippen LogP contribution in [0.15, 0.2) is 53.1 Å². The van der Waals surface area contributed by atoms with Gasteiger partial charge in [-0.1, -0.05) is 23.4 Å². The first-order valence-electron chi connectivity index (χ1n) is 8.54. The van der Waals surface area contributed by atoms with Crippen LogP contribution < -0.4 is 19.5 Å². The summed E-state index contributed by atoms with van der Waals surface area (Å²) >= 11 is 0. The van der Waals surface area contributed by atoms with Crippen LogP contribution in [-0.4, -0.2) is 30.0 Å². The summed E-state index contributed by atoms with van der Waals surface area (Å²) in [7, 11) is 1.59. The van der Waals surface area contributed by atoms with Gasteiger partial charge in [-0.2, -0.15) is 4.98 Å². The van der Waals surface area contributed by atoms with Crippen molar-refractivity contribution < 1.29 is 23.5 Å². The van der Waals surface area contributed by atoms with Crippen LogP contribution in [0, 0.1) is 0 Å². The standard InChI is InChI=1S/C20H17N3O5/c1-25-15-4-2-3-14(10-15)20-22-19(28-23-20)11-21-18(24)8-6-13-5-7-16-17(9-13)27-12-26-16/h2-10H,11-12H2,1H3,(H,21,24)/b8-6+. The number of fused-ring (bicyclic) bond motifs is 1. The number of ether oxygens (including phenoxy) is 3. The third-order valence-corrected chi connectivity index (χ3v) is 4.03. The molecule has 2 aromatic carbocycles. The van der Waals surface area contributed by atoms with Gasteiger partial charge < -0.3 is 24.1 Å². The maximum Gasteiger partial charge on any atom is 0.246 e. The second kappa shape index (κ2) is 7.83.